The SMILES string of the molecule is Cc1cccc(C(=O)N2CCCCC2c2cc(C(N)=O)n[nH]2)c1. The quantitative estimate of drug-likeness (QED) is 0.910. The number of primary amides is 1. The van der Waals surface area contributed by atoms with Crippen LogP contribution in [-0.4, -0.2) is 33.5 Å². The number of rotatable bonds is 3. The Hall–Kier alpha value is -2.63. The van der Waals surface area contributed by atoms with Gasteiger partial charge in [-0.1, -0.05) is 17.7 Å². The number of nitrogens with one attached hydrogen (secondary N) is 1. The van der Waals surface area contributed by atoms with E-state index in [1.165, 1.54) is 0 Å². The van der Waals surface area contributed by atoms with Gasteiger partial charge in [-0.3, -0.25) is 14.7 Å². The molecule has 3 N–H and O–H groups in total. The number of nitrogens with zero attached hydrogens (tertiary/aromatic N) is 2. The summed E-state index contributed by atoms with van der Waals surface area (Å²) in [5, 5.41) is 6.79. The Morgan fingerprint density at radius 1 is 1.30 bits per heavy atom. The van der Waals surface area contributed by atoms with Crippen molar-refractivity contribution in [1.82, 2.24) is 15.1 Å². The Morgan fingerprint density at radius 2 is 2.13 bits per heavy atom. The number of carbonyl (C=O) groups excluding carboxylic acids is 2. The molecule has 3 rings (SSSR count). The van der Waals surface area contributed by atoms with E-state index >= 15 is 0 Å². The molecular weight excluding hydrogens is 292 g/mol. The number of hydrogen-bond acceptors (Lipinski definition) is 3. The Balaban J connectivity index is 1.88. The number of nitrogens with two attached hydrogens (primary N) is 1. The molecule has 0 saturated carbocycles. The highest BCUT2D eigenvalue weighted by atomic mass is 16.2. The van der Waals surface area contributed by atoms with Crippen molar-refractivity contribution in [2.24, 2.45) is 5.73 Å². The first kappa shape index (κ1) is 15.3. The molecule has 2 heterocycles. The summed E-state index contributed by atoms with van der Waals surface area (Å²) in [7, 11) is 0. The number of aromatic amines is 1. The van der Waals surface area contributed by atoms with Crippen molar-refractivity contribution in [3.05, 3.63) is 52.8 Å². The van der Waals surface area contributed by atoms with Gasteiger partial charge in [-0.15, -0.1) is 0 Å². The van der Waals surface area contributed by atoms with Crippen LogP contribution in [0.5, 0.6) is 0 Å². The average molecular weight is 312 g/mol. The zero-order valence-electron chi connectivity index (χ0n) is 13.1. The van der Waals surface area contributed by atoms with Crippen molar-refractivity contribution in [2.45, 2.75) is 32.2 Å². The van der Waals surface area contributed by atoms with Gasteiger partial charge in [-0.25, -0.2) is 0 Å². The van der Waals surface area contributed by atoms with E-state index in [-0.39, 0.29) is 17.6 Å². The van der Waals surface area contributed by atoms with E-state index < -0.39 is 5.91 Å². The first-order valence-corrected chi connectivity index (χ1v) is 7.79. The van der Waals surface area contributed by atoms with Crippen LogP contribution in [0.15, 0.2) is 30.3 Å². The fourth-order valence-electron chi connectivity index (χ4n) is 3.08. The van der Waals surface area contributed by atoms with Gasteiger partial charge < -0.3 is 10.6 Å². The van der Waals surface area contributed by atoms with Gasteiger partial charge in [0.15, 0.2) is 0 Å². The van der Waals surface area contributed by atoms with Crippen LogP contribution >= 0.6 is 0 Å². The summed E-state index contributed by atoms with van der Waals surface area (Å²) < 4.78 is 0. The second-order valence-corrected chi connectivity index (χ2v) is 5.95. The Bertz CT molecular complexity index is 738. The number of aryl methyl sites for hydroxylation is 1. The molecule has 1 unspecified atom stereocenters. The lowest BCUT2D eigenvalue weighted by Crippen LogP contribution is -2.38. The highest BCUT2D eigenvalue weighted by Gasteiger charge is 2.30. The summed E-state index contributed by atoms with van der Waals surface area (Å²) in [6, 6.07) is 9.15. The summed E-state index contributed by atoms with van der Waals surface area (Å²) in [6.07, 6.45) is 2.86. The first-order chi connectivity index (χ1) is 11.1. The molecule has 1 fully saturated rings. The van der Waals surface area contributed by atoms with E-state index in [0.29, 0.717) is 12.1 Å². The Morgan fingerprint density at radius 3 is 2.83 bits per heavy atom. The first-order valence-electron chi connectivity index (χ1n) is 7.79. The number of likely N-dealkylation sites (tertiary alicyclic amines) is 1. The lowest BCUT2D eigenvalue weighted by molar-refractivity contribution is 0.0606. The van der Waals surface area contributed by atoms with E-state index in [9.17, 15) is 9.59 Å². The van der Waals surface area contributed by atoms with Crippen molar-refractivity contribution >= 4 is 11.8 Å². The van der Waals surface area contributed by atoms with Gasteiger partial charge in [0, 0.05) is 12.1 Å². The van der Waals surface area contributed by atoms with E-state index in [1.54, 1.807) is 6.07 Å². The molecule has 1 atom stereocenters. The molecule has 0 bridgehead atoms. The minimum absolute atomic E-state index is 0.00799. The van der Waals surface area contributed by atoms with Crippen molar-refractivity contribution in [1.29, 1.82) is 0 Å². The van der Waals surface area contributed by atoms with Gasteiger partial charge in [0.2, 0.25) is 0 Å². The summed E-state index contributed by atoms with van der Waals surface area (Å²) in [4.78, 5) is 26.0. The number of benzene rings is 1. The maximum atomic E-state index is 12.9. The average Bonchev–Trinajstić information content (AvgIpc) is 3.04. The van der Waals surface area contributed by atoms with E-state index in [4.69, 9.17) is 5.73 Å². The normalized spacial score (nSPS) is 18.0. The van der Waals surface area contributed by atoms with Gasteiger partial charge in [0.1, 0.15) is 5.69 Å². The Labute approximate surface area is 134 Å². The minimum Gasteiger partial charge on any atom is -0.364 e. The third-order valence-electron chi connectivity index (χ3n) is 4.24. The zero-order valence-corrected chi connectivity index (χ0v) is 13.1. The van der Waals surface area contributed by atoms with Crippen LogP contribution < -0.4 is 5.73 Å². The van der Waals surface area contributed by atoms with E-state index in [0.717, 1.165) is 30.5 Å². The van der Waals surface area contributed by atoms with Crippen LogP contribution in [0.3, 0.4) is 0 Å². The molecule has 2 amide bonds. The number of carbonyl (C=O) groups is 2. The number of H-pyrrole nitrogens is 1. The molecule has 1 aromatic heterocycles. The molecule has 1 aromatic carbocycles. The van der Waals surface area contributed by atoms with Crippen molar-refractivity contribution in [3.8, 4) is 0 Å². The topological polar surface area (TPSA) is 92.1 Å². The number of aromatic nitrogens is 2. The van der Waals surface area contributed by atoms with Gasteiger partial charge in [-0.2, -0.15) is 5.10 Å². The fourth-order valence-corrected chi connectivity index (χ4v) is 3.08. The maximum Gasteiger partial charge on any atom is 0.269 e. The highest BCUT2D eigenvalue weighted by molar-refractivity contribution is 5.95. The van der Waals surface area contributed by atoms with Gasteiger partial charge >= 0.3 is 0 Å². The second kappa shape index (κ2) is 6.24. The van der Waals surface area contributed by atoms with Crippen molar-refractivity contribution < 1.29 is 9.59 Å². The molecule has 6 nitrogen and oxygen atoms in total. The molecule has 23 heavy (non-hydrogen) atoms. The summed E-state index contributed by atoms with van der Waals surface area (Å²) in [6.45, 7) is 2.67. The smallest absolute Gasteiger partial charge is 0.269 e. The Kier molecular flexibility index (Phi) is 4.14. The summed E-state index contributed by atoms with van der Waals surface area (Å²) >= 11 is 0. The maximum absolute atomic E-state index is 12.9. The fraction of sp³-hybridized carbons (Fsp3) is 0.353. The van der Waals surface area contributed by atoms with Crippen LogP contribution in [0.25, 0.3) is 0 Å². The monoisotopic (exact) mass is 312 g/mol. The molecule has 0 spiro atoms. The number of hydrogen-bond donors (Lipinski definition) is 2. The van der Waals surface area contributed by atoms with Crippen molar-refractivity contribution in [2.75, 3.05) is 6.54 Å². The lowest BCUT2D eigenvalue weighted by Gasteiger charge is -2.35. The number of piperidine rings is 1. The largest absolute Gasteiger partial charge is 0.364 e. The molecular formula is C17H20N4O2. The third-order valence-corrected chi connectivity index (χ3v) is 4.24. The van der Waals surface area contributed by atoms with Crippen LogP contribution in [0.2, 0.25) is 0 Å². The molecule has 1 saturated heterocycles. The second-order valence-electron chi connectivity index (χ2n) is 5.95. The predicted molar refractivity (Wildman–Crippen MR) is 85.9 cm³/mol. The predicted octanol–water partition coefficient (Wildman–Crippen LogP) is 2.18. The van der Waals surface area contributed by atoms with Gasteiger partial charge in [0.25, 0.3) is 11.8 Å². The van der Waals surface area contributed by atoms with Crippen molar-refractivity contribution in [3.63, 3.8) is 0 Å². The number of amides is 2. The van der Waals surface area contributed by atoms with E-state index in [2.05, 4.69) is 10.2 Å². The van der Waals surface area contributed by atoms with Crippen LogP contribution in [-0.2, 0) is 0 Å². The summed E-state index contributed by atoms with van der Waals surface area (Å²) in [5.41, 5.74) is 7.97. The van der Waals surface area contributed by atoms with Gasteiger partial charge in [-0.05, 0) is 44.4 Å². The van der Waals surface area contributed by atoms with Crippen LogP contribution in [0, 0.1) is 6.92 Å². The molecule has 6 heteroatoms. The van der Waals surface area contributed by atoms with Gasteiger partial charge in [0.05, 0.1) is 11.7 Å². The zero-order chi connectivity index (χ0) is 16.4. The molecule has 0 aliphatic carbocycles. The van der Waals surface area contributed by atoms with E-state index in [1.807, 2.05) is 36.1 Å². The lowest BCUT2D eigenvalue weighted by atomic mass is 9.97. The molecule has 1 aliphatic heterocycles. The van der Waals surface area contributed by atoms with Crippen LogP contribution in [0.4, 0.5) is 0 Å². The standard InChI is InChI=1S/C17H20N4O2/c1-11-5-4-6-12(9-11)17(23)21-8-3-2-7-15(21)13-10-14(16(18)22)20-19-13/h4-6,9-10,15H,2-3,7-8H2,1H3,(H2,18,22)(H,19,20). The summed E-state index contributed by atoms with van der Waals surface area (Å²) in [5.74, 6) is -0.562. The molecule has 120 valence electrons. The minimum atomic E-state index is -0.570. The molecule has 0 radical (unpaired) electrons. The molecule has 2 aromatic rings. The molecule has 1 aliphatic rings. The highest BCUT2D eigenvalue weighted by Crippen LogP contribution is 2.31. The third kappa shape index (κ3) is 3.11. The van der Waals surface area contributed by atoms with Crippen LogP contribution in [0.1, 0.15) is 57.4 Å².